The third-order valence-corrected chi connectivity index (χ3v) is 5.49. The van der Waals surface area contributed by atoms with Crippen molar-refractivity contribution in [2.75, 3.05) is 0 Å². The Morgan fingerprint density at radius 3 is 2.77 bits per heavy atom. The Labute approximate surface area is 156 Å². The maximum absolute atomic E-state index is 10.2. The Balaban J connectivity index is 1.65. The van der Waals surface area contributed by atoms with E-state index in [2.05, 4.69) is 13.0 Å². The molecular formula is C23H28N2O. The van der Waals surface area contributed by atoms with Gasteiger partial charge in [-0.15, -0.1) is 0 Å². The summed E-state index contributed by atoms with van der Waals surface area (Å²) < 4.78 is 0. The highest BCUT2D eigenvalue weighted by Gasteiger charge is 2.20. The van der Waals surface area contributed by atoms with Crippen molar-refractivity contribution in [2.24, 2.45) is 5.92 Å². The molecule has 1 N–H and O–H groups in total. The van der Waals surface area contributed by atoms with Gasteiger partial charge in [-0.2, -0.15) is 5.26 Å². The maximum Gasteiger partial charge on any atom is 0.126 e. The summed E-state index contributed by atoms with van der Waals surface area (Å²) in [7, 11) is 0. The molecule has 26 heavy (non-hydrogen) atoms. The average molecular weight is 348 g/mol. The highest BCUT2D eigenvalue weighted by atomic mass is 16.3. The summed E-state index contributed by atoms with van der Waals surface area (Å²) in [6, 6.07) is 11.2. The molecule has 1 aliphatic rings. The monoisotopic (exact) mass is 348 g/mol. The number of nitriles is 1. The first kappa shape index (κ1) is 18.5. The van der Waals surface area contributed by atoms with Gasteiger partial charge in [0.15, 0.2) is 0 Å². The third kappa shape index (κ3) is 4.43. The van der Waals surface area contributed by atoms with Crippen molar-refractivity contribution in [3.8, 4) is 23.1 Å². The molecule has 0 aliphatic heterocycles. The molecule has 0 saturated heterocycles. The second-order valence-corrected chi connectivity index (χ2v) is 7.46. The van der Waals surface area contributed by atoms with Gasteiger partial charge in [0.1, 0.15) is 5.75 Å². The number of rotatable bonds is 7. The minimum Gasteiger partial charge on any atom is -0.507 e. The number of aryl methyl sites for hydroxylation is 1. The van der Waals surface area contributed by atoms with Gasteiger partial charge in [-0.1, -0.05) is 51.5 Å². The molecule has 0 spiro atoms. The summed E-state index contributed by atoms with van der Waals surface area (Å²) in [4.78, 5) is 4.81. The molecule has 1 aromatic carbocycles. The van der Waals surface area contributed by atoms with Gasteiger partial charge in [-0.25, -0.2) is 0 Å². The van der Waals surface area contributed by atoms with Gasteiger partial charge >= 0.3 is 0 Å². The van der Waals surface area contributed by atoms with Gasteiger partial charge < -0.3 is 5.11 Å². The zero-order valence-electron chi connectivity index (χ0n) is 15.7. The molecule has 0 bridgehead atoms. The molecular weight excluding hydrogens is 320 g/mol. The molecule has 1 aliphatic carbocycles. The predicted molar refractivity (Wildman–Crippen MR) is 105 cm³/mol. The molecule has 3 heteroatoms. The van der Waals surface area contributed by atoms with Crippen LogP contribution in [-0.4, -0.2) is 10.1 Å². The Morgan fingerprint density at radius 2 is 2.00 bits per heavy atom. The molecule has 3 nitrogen and oxygen atoms in total. The topological polar surface area (TPSA) is 56.9 Å². The average Bonchev–Trinajstić information content (AvgIpc) is 2.67. The van der Waals surface area contributed by atoms with Crippen LogP contribution in [0.4, 0.5) is 0 Å². The minimum atomic E-state index is 0.122. The number of pyridine rings is 1. The lowest BCUT2D eigenvalue weighted by Gasteiger charge is -2.24. The predicted octanol–water partition coefficient (Wildman–Crippen LogP) is 5.79. The molecule has 136 valence electrons. The van der Waals surface area contributed by atoms with Crippen LogP contribution in [0, 0.1) is 17.2 Å². The highest BCUT2D eigenvalue weighted by molar-refractivity contribution is 5.68. The van der Waals surface area contributed by atoms with E-state index in [0.717, 1.165) is 24.5 Å². The number of fused-ring (bicyclic) bond motifs is 1. The summed E-state index contributed by atoms with van der Waals surface area (Å²) in [5.74, 6) is 0.914. The first-order chi connectivity index (χ1) is 12.7. The first-order valence-electron chi connectivity index (χ1n) is 9.93. The van der Waals surface area contributed by atoms with Crippen molar-refractivity contribution >= 4 is 0 Å². The van der Waals surface area contributed by atoms with E-state index in [0.29, 0.717) is 11.1 Å². The van der Waals surface area contributed by atoms with Gasteiger partial charge in [-0.3, -0.25) is 4.98 Å². The van der Waals surface area contributed by atoms with Crippen molar-refractivity contribution in [1.29, 1.82) is 5.26 Å². The van der Waals surface area contributed by atoms with Gasteiger partial charge in [0.25, 0.3) is 0 Å². The number of nitrogens with zero attached hydrogens (tertiary/aromatic N) is 2. The van der Waals surface area contributed by atoms with E-state index in [-0.39, 0.29) is 5.75 Å². The quantitative estimate of drug-likeness (QED) is 0.644. The zero-order valence-corrected chi connectivity index (χ0v) is 15.7. The summed E-state index contributed by atoms with van der Waals surface area (Å²) in [6.07, 6.45) is 11.5. The highest BCUT2D eigenvalue weighted by Crippen LogP contribution is 2.33. The van der Waals surface area contributed by atoms with Crippen LogP contribution >= 0.6 is 0 Å². The third-order valence-electron chi connectivity index (χ3n) is 5.49. The minimum absolute atomic E-state index is 0.122. The van der Waals surface area contributed by atoms with Crippen molar-refractivity contribution in [1.82, 2.24) is 4.98 Å². The Morgan fingerprint density at radius 1 is 1.15 bits per heavy atom. The molecule has 3 rings (SSSR count). The van der Waals surface area contributed by atoms with Gasteiger partial charge in [-0.05, 0) is 55.0 Å². The smallest absolute Gasteiger partial charge is 0.126 e. The van der Waals surface area contributed by atoms with E-state index in [1.165, 1.54) is 62.3 Å². The van der Waals surface area contributed by atoms with Crippen LogP contribution in [0.15, 0.2) is 30.3 Å². The number of unbranched alkanes of at least 4 members (excludes halogenated alkanes) is 4. The fourth-order valence-corrected chi connectivity index (χ4v) is 3.94. The molecule has 1 heterocycles. The van der Waals surface area contributed by atoms with Crippen LogP contribution in [0.25, 0.3) is 11.3 Å². The molecule has 0 radical (unpaired) electrons. The second kappa shape index (κ2) is 8.85. The summed E-state index contributed by atoms with van der Waals surface area (Å²) >= 11 is 0. The van der Waals surface area contributed by atoms with E-state index in [1.54, 1.807) is 12.1 Å². The molecule has 1 aromatic heterocycles. The Hall–Kier alpha value is -2.34. The van der Waals surface area contributed by atoms with Crippen molar-refractivity contribution in [3.63, 3.8) is 0 Å². The number of aromatic hydroxyl groups is 1. The lowest BCUT2D eigenvalue weighted by Crippen LogP contribution is -2.15. The van der Waals surface area contributed by atoms with Crippen molar-refractivity contribution < 1.29 is 5.11 Å². The molecule has 0 amide bonds. The number of phenols is 1. The van der Waals surface area contributed by atoms with E-state index >= 15 is 0 Å². The van der Waals surface area contributed by atoms with Crippen LogP contribution in [0.5, 0.6) is 5.75 Å². The van der Waals surface area contributed by atoms with Crippen molar-refractivity contribution in [3.05, 3.63) is 47.2 Å². The van der Waals surface area contributed by atoms with Crippen molar-refractivity contribution in [2.45, 2.75) is 64.7 Å². The van der Waals surface area contributed by atoms with Crippen LogP contribution in [0.1, 0.15) is 68.7 Å². The van der Waals surface area contributed by atoms with Crippen LogP contribution in [-0.2, 0) is 12.8 Å². The number of phenolic OH excluding ortho intramolecular Hbond substituents is 1. The molecule has 0 fully saturated rings. The molecule has 1 unspecified atom stereocenters. The molecule has 0 saturated carbocycles. The Bertz CT molecular complexity index is 791. The van der Waals surface area contributed by atoms with Gasteiger partial charge in [0, 0.05) is 11.3 Å². The van der Waals surface area contributed by atoms with Crippen LogP contribution in [0.3, 0.4) is 0 Å². The van der Waals surface area contributed by atoms with E-state index in [4.69, 9.17) is 10.2 Å². The number of hydrogen-bond donors (Lipinski definition) is 1. The summed E-state index contributed by atoms with van der Waals surface area (Å²) in [5, 5.41) is 19.1. The molecule has 1 atom stereocenters. The number of aromatic nitrogens is 1. The first-order valence-corrected chi connectivity index (χ1v) is 9.93. The SMILES string of the molecule is CCCCCCCC1CCc2nc(-c3ccc(C#N)cc3O)ccc2C1. The number of benzene rings is 1. The zero-order chi connectivity index (χ0) is 18.4. The second-order valence-electron chi connectivity index (χ2n) is 7.46. The maximum atomic E-state index is 10.2. The lowest BCUT2D eigenvalue weighted by atomic mass is 9.83. The Kier molecular flexibility index (Phi) is 6.28. The van der Waals surface area contributed by atoms with Crippen LogP contribution < -0.4 is 0 Å². The summed E-state index contributed by atoms with van der Waals surface area (Å²) in [5.41, 5.74) is 4.50. The van der Waals surface area contributed by atoms with E-state index in [9.17, 15) is 5.11 Å². The normalized spacial score (nSPS) is 16.1. The molecule has 2 aromatic rings. The lowest BCUT2D eigenvalue weighted by molar-refractivity contribution is 0.401. The fraction of sp³-hybridized carbons (Fsp3) is 0.478. The van der Waals surface area contributed by atoms with Gasteiger partial charge in [0.2, 0.25) is 0 Å². The van der Waals surface area contributed by atoms with Crippen LogP contribution in [0.2, 0.25) is 0 Å². The fourth-order valence-electron chi connectivity index (χ4n) is 3.94. The largest absolute Gasteiger partial charge is 0.507 e. The summed E-state index contributed by atoms with van der Waals surface area (Å²) in [6.45, 7) is 2.26. The van der Waals surface area contributed by atoms with Gasteiger partial charge in [0.05, 0.1) is 17.3 Å². The van der Waals surface area contributed by atoms with E-state index < -0.39 is 0 Å². The number of hydrogen-bond acceptors (Lipinski definition) is 3. The standard InChI is InChI=1S/C23H28N2O/c1-2-3-4-5-6-7-17-9-12-21-19(14-17)10-13-22(25-21)20-11-8-18(16-24)15-23(20)26/h8,10-11,13,15,17,26H,2-7,9,12,14H2,1H3. The van der Waals surface area contributed by atoms with E-state index in [1.807, 2.05) is 12.1 Å².